The zero-order chi connectivity index (χ0) is 16.0. The molecule has 23 heavy (non-hydrogen) atoms. The van der Waals surface area contributed by atoms with Crippen LogP contribution in [0.3, 0.4) is 0 Å². The van der Waals surface area contributed by atoms with Gasteiger partial charge in [0.05, 0.1) is 13.2 Å². The van der Waals surface area contributed by atoms with Gasteiger partial charge in [-0.3, -0.25) is 4.99 Å². The number of hydrogen-bond acceptors (Lipinski definition) is 3. The Bertz CT molecular complexity index is 442. The number of hydrogen-bond donors (Lipinski definition) is 2. The maximum absolute atomic E-state index is 5.43. The summed E-state index contributed by atoms with van der Waals surface area (Å²) in [4.78, 5) is 4.23. The van der Waals surface area contributed by atoms with E-state index in [2.05, 4.69) is 46.8 Å². The van der Waals surface area contributed by atoms with Crippen molar-refractivity contribution in [1.29, 1.82) is 0 Å². The first kappa shape index (κ1) is 22.1. The third-order valence-corrected chi connectivity index (χ3v) is 3.21. The molecule has 0 radical (unpaired) electrons. The summed E-state index contributed by atoms with van der Waals surface area (Å²) in [7, 11) is 3.47. The Morgan fingerprint density at radius 3 is 2.65 bits per heavy atom. The van der Waals surface area contributed by atoms with Crippen LogP contribution in [-0.4, -0.2) is 46.5 Å². The van der Waals surface area contributed by atoms with Gasteiger partial charge in [0.2, 0.25) is 0 Å². The van der Waals surface area contributed by atoms with Gasteiger partial charge in [0.25, 0.3) is 0 Å². The first-order valence-electron chi connectivity index (χ1n) is 7.83. The molecule has 0 aliphatic rings. The largest absolute Gasteiger partial charge is 0.382 e. The van der Waals surface area contributed by atoms with Gasteiger partial charge < -0.3 is 20.1 Å². The maximum atomic E-state index is 5.43. The zero-order valence-corrected chi connectivity index (χ0v) is 16.8. The monoisotopic (exact) mass is 435 g/mol. The van der Waals surface area contributed by atoms with Gasteiger partial charge in [-0.15, -0.1) is 24.0 Å². The van der Waals surface area contributed by atoms with Crippen LogP contribution >= 0.6 is 24.0 Å². The number of aryl methyl sites for hydroxylation is 1. The minimum absolute atomic E-state index is 0. The van der Waals surface area contributed by atoms with E-state index >= 15 is 0 Å². The molecule has 0 aromatic heterocycles. The van der Waals surface area contributed by atoms with Crippen molar-refractivity contribution in [3.05, 3.63) is 35.4 Å². The molecule has 0 aliphatic carbocycles. The highest BCUT2D eigenvalue weighted by molar-refractivity contribution is 14.0. The van der Waals surface area contributed by atoms with E-state index in [1.165, 1.54) is 11.1 Å². The standard InChI is InChI=1S/C17H29N3O2.HI/c1-15-7-6-8-16(13-15)14-20-17(18-2)19-9-4-5-10-22-12-11-21-3;/h6-8,13H,4-5,9-12,14H2,1-3H3,(H2,18,19,20);1H. The van der Waals surface area contributed by atoms with Crippen molar-refractivity contribution < 1.29 is 9.47 Å². The molecular weight excluding hydrogens is 405 g/mol. The normalized spacial score (nSPS) is 11.0. The van der Waals surface area contributed by atoms with Gasteiger partial charge in [0.1, 0.15) is 0 Å². The predicted octanol–water partition coefficient (Wildman–Crippen LogP) is 2.72. The van der Waals surface area contributed by atoms with Gasteiger partial charge in [-0.1, -0.05) is 29.8 Å². The Kier molecular flexibility index (Phi) is 14.2. The number of ether oxygens (including phenoxy) is 2. The van der Waals surface area contributed by atoms with Crippen molar-refractivity contribution in [2.24, 2.45) is 4.99 Å². The summed E-state index contributed by atoms with van der Waals surface area (Å²) in [5.41, 5.74) is 2.53. The van der Waals surface area contributed by atoms with E-state index in [9.17, 15) is 0 Å². The van der Waals surface area contributed by atoms with Gasteiger partial charge in [0, 0.05) is 33.9 Å². The van der Waals surface area contributed by atoms with Crippen molar-refractivity contribution in [2.45, 2.75) is 26.3 Å². The molecule has 0 atom stereocenters. The Morgan fingerprint density at radius 1 is 1.13 bits per heavy atom. The topological polar surface area (TPSA) is 54.9 Å². The molecule has 0 amide bonds. The number of aliphatic imine (C=N–C) groups is 1. The lowest BCUT2D eigenvalue weighted by molar-refractivity contribution is 0.0689. The van der Waals surface area contributed by atoms with Crippen LogP contribution in [0.4, 0.5) is 0 Å². The average Bonchev–Trinajstić information content (AvgIpc) is 2.53. The second-order valence-electron chi connectivity index (χ2n) is 5.15. The van der Waals surface area contributed by atoms with E-state index in [0.717, 1.165) is 38.5 Å². The quantitative estimate of drug-likeness (QED) is 0.257. The summed E-state index contributed by atoms with van der Waals surface area (Å²) in [6.07, 6.45) is 2.09. The smallest absolute Gasteiger partial charge is 0.191 e. The number of nitrogens with zero attached hydrogens (tertiary/aromatic N) is 1. The highest BCUT2D eigenvalue weighted by Gasteiger charge is 1.98. The summed E-state index contributed by atoms with van der Waals surface area (Å²) in [6, 6.07) is 8.47. The molecule has 1 rings (SSSR count). The number of methoxy groups -OCH3 is 1. The van der Waals surface area contributed by atoms with Crippen molar-refractivity contribution in [2.75, 3.05) is 40.5 Å². The number of unbranched alkanes of at least 4 members (excludes halogenated alkanes) is 1. The molecule has 0 spiro atoms. The van der Waals surface area contributed by atoms with Crippen LogP contribution in [0.2, 0.25) is 0 Å². The van der Waals surface area contributed by atoms with Gasteiger partial charge >= 0.3 is 0 Å². The molecule has 0 fully saturated rings. The molecule has 0 saturated heterocycles. The van der Waals surface area contributed by atoms with E-state index in [-0.39, 0.29) is 24.0 Å². The lowest BCUT2D eigenvalue weighted by atomic mass is 10.1. The fourth-order valence-corrected chi connectivity index (χ4v) is 2.01. The van der Waals surface area contributed by atoms with Crippen LogP contribution in [0.5, 0.6) is 0 Å². The fraction of sp³-hybridized carbons (Fsp3) is 0.588. The van der Waals surface area contributed by atoms with E-state index in [1.54, 1.807) is 14.2 Å². The number of guanidine groups is 1. The zero-order valence-electron chi connectivity index (χ0n) is 14.4. The second kappa shape index (κ2) is 14.7. The molecule has 6 heteroatoms. The molecule has 0 saturated carbocycles. The number of halogens is 1. The minimum Gasteiger partial charge on any atom is -0.382 e. The second-order valence-corrected chi connectivity index (χ2v) is 5.15. The van der Waals surface area contributed by atoms with Crippen LogP contribution in [0, 0.1) is 6.92 Å². The van der Waals surface area contributed by atoms with Gasteiger partial charge in [0.15, 0.2) is 5.96 Å². The van der Waals surface area contributed by atoms with Crippen LogP contribution in [0.1, 0.15) is 24.0 Å². The van der Waals surface area contributed by atoms with Crippen molar-refractivity contribution in [3.8, 4) is 0 Å². The Morgan fingerprint density at radius 2 is 1.96 bits per heavy atom. The number of rotatable bonds is 10. The molecule has 0 bridgehead atoms. The summed E-state index contributed by atoms with van der Waals surface area (Å²) < 4.78 is 10.4. The van der Waals surface area contributed by atoms with Crippen molar-refractivity contribution in [3.63, 3.8) is 0 Å². The molecular formula is C17H30IN3O2. The van der Waals surface area contributed by atoms with Crippen LogP contribution in [0.15, 0.2) is 29.3 Å². The molecule has 132 valence electrons. The molecule has 5 nitrogen and oxygen atoms in total. The Hall–Kier alpha value is -0.860. The van der Waals surface area contributed by atoms with Crippen molar-refractivity contribution in [1.82, 2.24) is 10.6 Å². The summed E-state index contributed by atoms with van der Waals surface area (Å²) in [5.74, 6) is 0.835. The molecule has 0 unspecified atom stereocenters. The lowest BCUT2D eigenvalue weighted by Crippen LogP contribution is -2.37. The van der Waals surface area contributed by atoms with E-state index in [1.807, 2.05) is 0 Å². The SMILES string of the molecule is CN=C(NCCCCOCCOC)NCc1cccc(C)c1.I. The maximum Gasteiger partial charge on any atom is 0.191 e. The summed E-state index contributed by atoms with van der Waals surface area (Å²) >= 11 is 0. The van der Waals surface area contributed by atoms with Gasteiger partial charge in [-0.25, -0.2) is 0 Å². The Balaban J connectivity index is 0.00000484. The van der Waals surface area contributed by atoms with Crippen molar-refractivity contribution >= 4 is 29.9 Å². The molecule has 1 aromatic carbocycles. The third kappa shape index (κ3) is 11.3. The van der Waals surface area contributed by atoms with Crippen LogP contribution in [-0.2, 0) is 16.0 Å². The first-order chi connectivity index (χ1) is 10.8. The summed E-state index contributed by atoms with van der Waals surface area (Å²) in [5, 5.41) is 6.64. The third-order valence-electron chi connectivity index (χ3n) is 3.21. The molecule has 1 aromatic rings. The Labute approximate surface area is 157 Å². The highest BCUT2D eigenvalue weighted by atomic mass is 127. The minimum atomic E-state index is 0. The first-order valence-corrected chi connectivity index (χ1v) is 7.83. The highest BCUT2D eigenvalue weighted by Crippen LogP contribution is 2.03. The molecule has 0 aliphatic heterocycles. The van der Waals surface area contributed by atoms with Gasteiger partial charge in [-0.2, -0.15) is 0 Å². The van der Waals surface area contributed by atoms with E-state index < -0.39 is 0 Å². The lowest BCUT2D eigenvalue weighted by Gasteiger charge is -2.12. The van der Waals surface area contributed by atoms with E-state index in [4.69, 9.17) is 9.47 Å². The predicted molar refractivity (Wildman–Crippen MR) is 107 cm³/mol. The fourth-order valence-electron chi connectivity index (χ4n) is 2.01. The molecule has 0 heterocycles. The average molecular weight is 435 g/mol. The van der Waals surface area contributed by atoms with Crippen LogP contribution in [0.25, 0.3) is 0 Å². The van der Waals surface area contributed by atoms with Crippen LogP contribution < -0.4 is 10.6 Å². The van der Waals surface area contributed by atoms with Gasteiger partial charge in [-0.05, 0) is 25.3 Å². The molecule has 2 N–H and O–H groups in total. The summed E-state index contributed by atoms with van der Waals surface area (Å²) in [6.45, 7) is 5.88. The number of benzene rings is 1. The number of nitrogens with one attached hydrogen (secondary N) is 2. The van der Waals surface area contributed by atoms with E-state index in [0.29, 0.717) is 13.2 Å².